The summed E-state index contributed by atoms with van der Waals surface area (Å²) >= 11 is 0. The van der Waals surface area contributed by atoms with Gasteiger partial charge in [0.2, 0.25) is 0 Å². The summed E-state index contributed by atoms with van der Waals surface area (Å²) in [4.78, 5) is 0. The Morgan fingerprint density at radius 3 is 2.62 bits per heavy atom. The molecule has 0 aliphatic heterocycles. The molecule has 1 aromatic carbocycles. The number of hydrogen-bond donors (Lipinski definition) is 1. The summed E-state index contributed by atoms with van der Waals surface area (Å²) in [5.74, 6) is 0. The van der Waals surface area contributed by atoms with Gasteiger partial charge in [-0.1, -0.05) is 6.07 Å². The lowest BCUT2D eigenvalue weighted by Crippen LogP contribution is -2.56. The summed E-state index contributed by atoms with van der Waals surface area (Å²) in [5.41, 5.74) is 0.620. The summed E-state index contributed by atoms with van der Waals surface area (Å²) in [6, 6.07) is 3.69. The minimum Gasteiger partial charge on any atom is -0.379 e. The molecule has 118 valence electrons. The third-order valence-electron chi connectivity index (χ3n) is 3.81. The number of halogens is 3. The Bertz CT molecular complexity index is 490. The lowest BCUT2D eigenvalue weighted by molar-refractivity contribution is -0.137. The number of anilines is 1. The molecule has 0 spiro atoms. The van der Waals surface area contributed by atoms with Crippen molar-refractivity contribution in [1.82, 2.24) is 0 Å². The maximum atomic E-state index is 12.8. The zero-order chi connectivity index (χ0) is 15.6. The van der Waals surface area contributed by atoms with Gasteiger partial charge < -0.3 is 14.8 Å². The van der Waals surface area contributed by atoms with Crippen LogP contribution in [0.3, 0.4) is 0 Å². The van der Waals surface area contributed by atoms with Crippen molar-refractivity contribution in [2.24, 2.45) is 0 Å². The Morgan fingerprint density at radius 1 is 1.33 bits per heavy atom. The molecule has 2 rings (SSSR count). The molecule has 1 aromatic rings. The first-order valence-electron chi connectivity index (χ1n) is 6.95. The van der Waals surface area contributed by atoms with E-state index in [1.807, 2.05) is 6.92 Å². The lowest BCUT2D eigenvalue weighted by atomic mass is 9.84. The fraction of sp³-hybridized carbons (Fsp3) is 0.600. The second kappa shape index (κ2) is 6.23. The molecule has 0 aromatic heterocycles. The van der Waals surface area contributed by atoms with Gasteiger partial charge in [0.15, 0.2) is 0 Å². The Kier molecular flexibility index (Phi) is 4.78. The zero-order valence-corrected chi connectivity index (χ0v) is 12.3. The first-order chi connectivity index (χ1) is 9.86. The predicted octanol–water partition coefficient (Wildman–Crippen LogP) is 3.62. The van der Waals surface area contributed by atoms with Crippen LogP contribution in [-0.2, 0) is 15.7 Å². The Hall–Kier alpha value is -1.27. The largest absolute Gasteiger partial charge is 0.416 e. The van der Waals surface area contributed by atoms with Crippen molar-refractivity contribution in [2.45, 2.75) is 44.7 Å². The highest BCUT2D eigenvalue weighted by molar-refractivity contribution is 5.54. The molecule has 3 unspecified atom stereocenters. The highest BCUT2D eigenvalue weighted by Gasteiger charge is 2.42. The van der Waals surface area contributed by atoms with Gasteiger partial charge in [0, 0.05) is 19.4 Å². The zero-order valence-electron chi connectivity index (χ0n) is 12.3. The smallest absolute Gasteiger partial charge is 0.379 e. The van der Waals surface area contributed by atoms with Gasteiger partial charge >= 0.3 is 6.18 Å². The van der Waals surface area contributed by atoms with Gasteiger partial charge in [-0.15, -0.1) is 0 Å². The van der Waals surface area contributed by atoms with Crippen LogP contribution in [0.1, 0.15) is 24.5 Å². The molecule has 3 atom stereocenters. The Morgan fingerprint density at radius 2 is 2.05 bits per heavy atom. The number of alkyl halides is 3. The van der Waals surface area contributed by atoms with Crippen molar-refractivity contribution >= 4 is 5.69 Å². The van der Waals surface area contributed by atoms with Gasteiger partial charge in [0.1, 0.15) is 6.10 Å². The van der Waals surface area contributed by atoms with Crippen LogP contribution in [0.4, 0.5) is 18.9 Å². The topological polar surface area (TPSA) is 30.5 Å². The van der Waals surface area contributed by atoms with Gasteiger partial charge in [-0.2, -0.15) is 13.2 Å². The summed E-state index contributed by atoms with van der Waals surface area (Å²) < 4.78 is 49.2. The highest BCUT2D eigenvalue weighted by atomic mass is 19.4. The third kappa shape index (κ3) is 3.49. The SMILES string of the molecule is CCOC1CC(Nc2cc(C(F)(F)F)ccc2C)C1OC. The summed E-state index contributed by atoms with van der Waals surface area (Å²) in [7, 11) is 1.59. The van der Waals surface area contributed by atoms with E-state index < -0.39 is 11.7 Å². The molecule has 0 bridgehead atoms. The van der Waals surface area contributed by atoms with Gasteiger partial charge in [0.05, 0.1) is 17.7 Å². The maximum Gasteiger partial charge on any atom is 0.416 e. The molecule has 1 aliphatic carbocycles. The quantitative estimate of drug-likeness (QED) is 0.901. The van der Waals surface area contributed by atoms with Gasteiger partial charge in [-0.3, -0.25) is 0 Å². The molecule has 1 N–H and O–H groups in total. The average Bonchev–Trinajstić information content (AvgIpc) is 2.38. The summed E-state index contributed by atoms with van der Waals surface area (Å²) in [6.07, 6.45) is -3.75. The molecule has 1 saturated carbocycles. The molecular formula is C15H20F3NO2. The van der Waals surface area contributed by atoms with E-state index in [0.717, 1.165) is 24.1 Å². The van der Waals surface area contributed by atoms with Crippen LogP contribution in [0, 0.1) is 6.92 Å². The van der Waals surface area contributed by atoms with Crippen LogP contribution in [0.5, 0.6) is 0 Å². The molecule has 0 saturated heterocycles. The Labute approximate surface area is 122 Å². The third-order valence-corrected chi connectivity index (χ3v) is 3.81. The molecule has 1 aliphatic rings. The number of aryl methyl sites for hydroxylation is 1. The van der Waals surface area contributed by atoms with Crippen LogP contribution in [0.15, 0.2) is 18.2 Å². The van der Waals surface area contributed by atoms with E-state index in [-0.39, 0.29) is 18.2 Å². The summed E-state index contributed by atoms with van der Waals surface area (Å²) in [6.45, 7) is 4.28. The van der Waals surface area contributed by atoms with Crippen molar-refractivity contribution in [1.29, 1.82) is 0 Å². The van der Waals surface area contributed by atoms with Crippen molar-refractivity contribution < 1.29 is 22.6 Å². The van der Waals surface area contributed by atoms with Crippen LogP contribution >= 0.6 is 0 Å². The number of nitrogens with one attached hydrogen (secondary N) is 1. The first kappa shape index (κ1) is 16.1. The fourth-order valence-electron chi connectivity index (χ4n) is 2.57. The molecule has 3 nitrogen and oxygen atoms in total. The Balaban J connectivity index is 2.10. The fourth-order valence-corrected chi connectivity index (χ4v) is 2.57. The second-order valence-electron chi connectivity index (χ2n) is 5.21. The maximum absolute atomic E-state index is 12.8. The highest BCUT2D eigenvalue weighted by Crippen LogP contribution is 2.35. The monoisotopic (exact) mass is 303 g/mol. The number of ether oxygens (including phenoxy) is 2. The second-order valence-corrected chi connectivity index (χ2v) is 5.21. The van der Waals surface area contributed by atoms with Gasteiger partial charge in [0.25, 0.3) is 0 Å². The van der Waals surface area contributed by atoms with Gasteiger partial charge in [-0.25, -0.2) is 0 Å². The number of hydrogen-bond acceptors (Lipinski definition) is 3. The van der Waals surface area contributed by atoms with E-state index in [1.165, 1.54) is 6.07 Å². The van der Waals surface area contributed by atoms with Crippen molar-refractivity contribution in [2.75, 3.05) is 19.0 Å². The van der Waals surface area contributed by atoms with Crippen LogP contribution in [-0.4, -0.2) is 32.0 Å². The minimum absolute atomic E-state index is 0.00334. The van der Waals surface area contributed by atoms with Crippen LogP contribution in [0.2, 0.25) is 0 Å². The van der Waals surface area contributed by atoms with Crippen LogP contribution in [0.25, 0.3) is 0 Å². The number of benzene rings is 1. The lowest BCUT2D eigenvalue weighted by Gasteiger charge is -2.44. The van der Waals surface area contributed by atoms with Crippen molar-refractivity contribution in [3.8, 4) is 0 Å². The van der Waals surface area contributed by atoms with E-state index in [0.29, 0.717) is 12.3 Å². The standard InChI is InChI=1S/C15H20F3NO2/c1-4-21-13-8-12(14(13)20-3)19-11-7-10(15(16,17)18)6-5-9(11)2/h5-7,12-14,19H,4,8H2,1-3H3. The molecule has 0 radical (unpaired) electrons. The van der Waals surface area contributed by atoms with Crippen molar-refractivity contribution in [3.63, 3.8) is 0 Å². The number of rotatable bonds is 5. The van der Waals surface area contributed by atoms with Gasteiger partial charge in [-0.05, 0) is 38.0 Å². The van der Waals surface area contributed by atoms with E-state index in [4.69, 9.17) is 9.47 Å². The average molecular weight is 303 g/mol. The van der Waals surface area contributed by atoms with E-state index in [2.05, 4.69) is 5.32 Å². The van der Waals surface area contributed by atoms with Crippen LogP contribution < -0.4 is 5.32 Å². The van der Waals surface area contributed by atoms with E-state index in [9.17, 15) is 13.2 Å². The summed E-state index contributed by atoms with van der Waals surface area (Å²) in [5, 5.41) is 3.14. The molecule has 21 heavy (non-hydrogen) atoms. The molecule has 0 amide bonds. The predicted molar refractivity (Wildman–Crippen MR) is 74.4 cm³/mol. The molecule has 1 fully saturated rings. The minimum atomic E-state index is -4.34. The van der Waals surface area contributed by atoms with E-state index in [1.54, 1.807) is 14.0 Å². The van der Waals surface area contributed by atoms with E-state index >= 15 is 0 Å². The van der Waals surface area contributed by atoms with Crippen molar-refractivity contribution in [3.05, 3.63) is 29.3 Å². The molecular weight excluding hydrogens is 283 g/mol. The molecule has 0 heterocycles. The number of methoxy groups -OCH3 is 1. The molecule has 6 heteroatoms. The first-order valence-corrected chi connectivity index (χ1v) is 6.95. The normalized spacial score (nSPS) is 25.5.